The van der Waals surface area contributed by atoms with E-state index < -0.39 is 0 Å². The number of benzene rings is 1. The van der Waals surface area contributed by atoms with E-state index in [0.717, 1.165) is 18.6 Å². The maximum atomic E-state index is 9.46. The number of hydrogen-bond acceptors (Lipinski definition) is 3. The van der Waals surface area contributed by atoms with Gasteiger partial charge in [-0.25, -0.2) is 0 Å². The summed E-state index contributed by atoms with van der Waals surface area (Å²) in [7, 11) is 0. The SMILES string of the molecule is CCOc1ccc(C(C)(C)C)cc1C(CC)CC(CN)CO. The summed E-state index contributed by atoms with van der Waals surface area (Å²) in [6.07, 6.45) is 1.92. The highest BCUT2D eigenvalue weighted by molar-refractivity contribution is 5.42. The lowest BCUT2D eigenvalue weighted by atomic mass is 9.81. The molecular weight excluding hydrogens is 274 g/mol. The Morgan fingerprint density at radius 1 is 1.23 bits per heavy atom. The van der Waals surface area contributed by atoms with Gasteiger partial charge in [-0.15, -0.1) is 0 Å². The average Bonchev–Trinajstić information content (AvgIpc) is 2.48. The van der Waals surface area contributed by atoms with Gasteiger partial charge in [-0.3, -0.25) is 0 Å². The van der Waals surface area contributed by atoms with Crippen molar-refractivity contribution in [2.75, 3.05) is 19.8 Å². The molecule has 0 saturated heterocycles. The summed E-state index contributed by atoms with van der Waals surface area (Å²) in [6.45, 7) is 12.2. The Balaban J connectivity index is 3.19. The summed E-state index contributed by atoms with van der Waals surface area (Å²) in [4.78, 5) is 0. The number of rotatable bonds is 8. The lowest BCUT2D eigenvalue weighted by Crippen LogP contribution is -2.21. The number of hydrogen-bond donors (Lipinski definition) is 2. The molecule has 2 atom stereocenters. The van der Waals surface area contributed by atoms with E-state index in [4.69, 9.17) is 10.5 Å². The second-order valence-corrected chi connectivity index (χ2v) is 7.06. The second kappa shape index (κ2) is 8.54. The lowest BCUT2D eigenvalue weighted by Gasteiger charge is -2.26. The molecule has 1 rings (SSSR count). The first-order valence-electron chi connectivity index (χ1n) is 8.45. The number of ether oxygens (including phenoxy) is 1. The van der Waals surface area contributed by atoms with Crippen LogP contribution >= 0.6 is 0 Å². The zero-order chi connectivity index (χ0) is 16.8. The summed E-state index contributed by atoms with van der Waals surface area (Å²) in [6, 6.07) is 6.54. The second-order valence-electron chi connectivity index (χ2n) is 7.06. The molecule has 126 valence electrons. The predicted octanol–water partition coefficient (Wildman–Crippen LogP) is 3.83. The van der Waals surface area contributed by atoms with Gasteiger partial charge in [-0.2, -0.15) is 0 Å². The Morgan fingerprint density at radius 3 is 2.36 bits per heavy atom. The van der Waals surface area contributed by atoms with Crippen molar-refractivity contribution < 1.29 is 9.84 Å². The Hall–Kier alpha value is -1.06. The molecule has 0 aliphatic heterocycles. The average molecular weight is 307 g/mol. The molecule has 3 heteroatoms. The maximum absolute atomic E-state index is 9.46. The quantitative estimate of drug-likeness (QED) is 0.767. The minimum Gasteiger partial charge on any atom is -0.494 e. The summed E-state index contributed by atoms with van der Waals surface area (Å²) in [5.74, 6) is 1.48. The Bertz CT molecular complexity index is 447. The Labute approximate surface area is 135 Å². The van der Waals surface area contributed by atoms with Crippen molar-refractivity contribution in [3.63, 3.8) is 0 Å². The molecule has 0 amide bonds. The smallest absolute Gasteiger partial charge is 0.122 e. The van der Waals surface area contributed by atoms with Crippen LogP contribution in [-0.4, -0.2) is 24.9 Å². The molecule has 0 aromatic heterocycles. The monoisotopic (exact) mass is 307 g/mol. The van der Waals surface area contributed by atoms with Gasteiger partial charge in [0.05, 0.1) is 6.61 Å². The van der Waals surface area contributed by atoms with Crippen LogP contribution in [0.5, 0.6) is 5.75 Å². The van der Waals surface area contributed by atoms with Crippen LogP contribution in [0.1, 0.15) is 64.5 Å². The molecule has 0 radical (unpaired) electrons. The Kier molecular flexibility index (Phi) is 7.37. The van der Waals surface area contributed by atoms with Gasteiger partial charge < -0.3 is 15.6 Å². The van der Waals surface area contributed by atoms with Crippen LogP contribution < -0.4 is 10.5 Å². The van der Waals surface area contributed by atoms with Gasteiger partial charge in [0.1, 0.15) is 5.75 Å². The van der Waals surface area contributed by atoms with Crippen molar-refractivity contribution in [3.8, 4) is 5.75 Å². The molecule has 0 saturated carbocycles. The fraction of sp³-hybridized carbons (Fsp3) is 0.684. The first kappa shape index (κ1) is 19.0. The molecule has 1 aromatic carbocycles. The molecule has 22 heavy (non-hydrogen) atoms. The van der Waals surface area contributed by atoms with Gasteiger partial charge in [-0.05, 0) is 60.8 Å². The summed E-state index contributed by atoms with van der Waals surface area (Å²) < 4.78 is 5.84. The van der Waals surface area contributed by atoms with Crippen LogP contribution in [0.2, 0.25) is 0 Å². The molecule has 3 nitrogen and oxygen atoms in total. The van der Waals surface area contributed by atoms with Crippen LogP contribution in [0.25, 0.3) is 0 Å². The lowest BCUT2D eigenvalue weighted by molar-refractivity contribution is 0.213. The minimum atomic E-state index is 0.113. The largest absolute Gasteiger partial charge is 0.494 e. The molecule has 1 aromatic rings. The van der Waals surface area contributed by atoms with Gasteiger partial charge in [0.25, 0.3) is 0 Å². The van der Waals surface area contributed by atoms with Gasteiger partial charge in [0.15, 0.2) is 0 Å². The van der Waals surface area contributed by atoms with Crippen molar-refractivity contribution in [1.82, 2.24) is 0 Å². The molecular formula is C19H33NO2. The van der Waals surface area contributed by atoms with Crippen LogP contribution in [0.4, 0.5) is 0 Å². The topological polar surface area (TPSA) is 55.5 Å². The maximum Gasteiger partial charge on any atom is 0.122 e. The third-order valence-corrected chi connectivity index (χ3v) is 4.32. The van der Waals surface area contributed by atoms with Crippen molar-refractivity contribution >= 4 is 0 Å². The van der Waals surface area contributed by atoms with Crippen molar-refractivity contribution in [3.05, 3.63) is 29.3 Å². The van der Waals surface area contributed by atoms with Gasteiger partial charge in [0.2, 0.25) is 0 Å². The van der Waals surface area contributed by atoms with Gasteiger partial charge >= 0.3 is 0 Å². The van der Waals surface area contributed by atoms with Crippen molar-refractivity contribution in [2.24, 2.45) is 11.7 Å². The van der Waals surface area contributed by atoms with Gasteiger partial charge in [0, 0.05) is 6.61 Å². The summed E-state index contributed by atoms with van der Waals surface area (Å²) in [5.41, 5.74) is 8.45. The number of aliphatic hydroxyl groups is 1. The normalized spacial score (nSPS) is 14.7. The molecule has 3 N–H and O–H groups in total. The highest BCUT2D eigenvalue weighted by atomic mass is 16.5. The molecule has 0 aliphatic rings. The van der Waals surface area contributed by atoms with Crippen LogP contribution in [0, 0.1) is 5.92 Å². The van der Waals surface area contributed by atoms with E-state index in [9.17, 15) is 5.11 Å². The van der Waals surface area contributed by atoms with E-state index in [-0.39, 0.29) is 17.9 Å². The van der Waals surface area contributed by atoms with Crippen LogP contribution in [-0.2, 0) is 5.41 Å². The van der Waals surface area contributed by atoms with E-state index in [2.05, 4.69) is 45.9 Å². The first-order valence-corrected chi connectivity index (χ1v) is 8.45. The van der Waals surface area contributed by atoms with E-state index >= 15 is 0 Å². The third kappa shape index (κ3) is 4.99. The summed E-state index contributed by atoms with van der Waals surface area (Å²) in [5, 5.41) is 9.46. The fourth-order valence-corrected chi connectivity index (χ4v) is 2.78. The van der Waals surface area contributed by atoms with Crippen molar-refractivity contribution in [2.45, 2.75) is 58.8 Å². The fourth-order valence-electron chi connectivity index (χ4n) is 2.78. The highest BCUT2D eigenvalue weighted by Gasteiger charge is 2.22. The number of nitrogens with two attached hydrogens (primary N) is 1. The first-order chi connectivity index (χ1) is 10.4. The van der Waals surface area contributed by atoms with Crippen LogP contribution in [0.15, 0.2) is 18.2 Å². The summed E-state index contributed by atoms with van der Waals surface area (Å²) >= 11 is 0. The van der Waals surface area contributed by atoms with E-state index in [1.807, 2.05) is 6.92 Å². The zero-order valence-corrected chi connectivity index (χ0v) is 14.9. The zero-order valence-electron chi connectivity index (χ0n) is 14.9. The molecule has 2 unspecified atom stereocenters. The molecule has 0 aliphatic carbocycles. The van der Waals surface area contributed by atoms with E-state index in [0.29, 0.717) is 19.1 Å². The standard InChI is InChI=1S/C19H33NO2/c1-6-15(10-14(12-20)13-21)17-11-16(19(3,4)5)8-9-18(17)22-7-2/h8-9,11,14-15,21H,6-7,10,12-13,20H2,1-5H3. The molecule has 0 heterocycles. The highest BCUT2D eigenvalue weighted by Crippen LogP contribution is 2.37. The van der Waals surface area contributed by atoms with E-state index in [1.165, 1.54) is 11.1 Å². The third-order valence-electron chi connectivity index (χ3n) is 4.32. The van der Waals surface area contributed by atoms with Crippen LogP contribution in [0.3, 0.4) is 0 Å². The Morgan fingerprint density at radius 2 is 1.91 bits per heavy atom. The molecule has 0 spiro atoms. The molecule has 0 bridgehead atoms. The minimum absolute atomic E-state index is 0.113. The predicted molar refractivity (Wildman–Crippen MR) is 93.6 cm³/mol. The van der Waals surface area contributed by atoms with Crippen molar-refractivity contribution in [1.29, 1.82) is 0 Å². The van der Waals surface area contributed by atoms with Gasteiger partial charge in [-0.1, -0.05) is 39.8 Å². The molecule has 0 fully saturated rings. The van der Waals surface area contributed by atoms with E-state index in [1.54, 1.807) is 0 Å². The number of aliphatic hydroxyl groups excluding tert-OH is 1.